The molecule has 1 aromatic carbocycles. The van der Waals surface area contributed by atoms with E-state index < -0.39 is 0 Å². The van der Waals surface area contributed by atoms with Gasteiger partial charge in [-0.05, 0) is 31.9 Å². The Kier molecular flexibility index (Phi) is 10.2. The predicted molar refractivity (Wildman–Crippen MR) is 96.1 cm³/mol. The highest BCUT2D eigenvalue weighted by atomic mass is 127. The van der Waals surface area contributed by atoms with Crippen molar-refractivity contribution in [1.82, 2.24) is 5.32 Å². The van der Waals surface area contributed by atoms with Crippen LogP contribution in [0.25, 0.3) is 0 Å². The number of ether oxygens (including phenoxy) is 1. The summed E-state index contributed by atoms with van der Waals surface area (Å²) in [6.45, 7) is 7.58. The van der Waals surface area contributed by atoms with E-state index in [-0.39, 0.29) is 24.0 Å². The van der Waals surface area contributed by atoms with Crippen LogP contribution in [-0.4, -0.2) is 25.2 Å². The molecule has 5 heteroatoms. The first kappa shape index (κ1) is 19.0. The molecule has 0 spiro atoms. The van der Waals surface area contributed by atoms with Crippen molar-refractivity contribution in [2.45, 2.75) is 39.7 Å². The molecule has 0 saturated heterocycles. The number of rotatable bonds is 7. The van der Waals surface area contributed by atoms with E-state index in [1.165, 1.54) is 0 Å². The third-order valence-electron chi connectivity index (χ3n) is 2.94. The molecule has 20 heavy (non-hydrogen) atoms. The van der Waals surface area contributed by atoms with E-state index in [0.29, 0.717) is 25.2 Å². The van der Waals surface area contributed by atoms with Gasteiger partial charge in [-0.3, -0.25) is 4.99 Å². The van der Waals surface area contributed by atoms with Gasteiger partial charge in [0.05, 0.1) is 6.61 Å². The standard InChI is InChI=1S/C15H25N3O.HI/c1-4-13(3)18-15(16)17-10-7-11-19-14-9-6-5-8-12(14)2;/h5-6,8-9,13H,4,7,10-11H2,1-3H3,(H3,16,17,18);1H. The number of para-hydroxylation sites is 1. The smallest absolute Gasteiger partial charge is 0.188 e. The van der Waals surface area contributed by atoms with E-state index in [1.54, 1.807) is 0 Å². The van der Waals surface area contributed by atoms with Crippen molar-refractivity contribution >= 4 is 29.9 Å². The Morgan fingerprint density at radius 3 is 2.75 bits per heavy atom. The van der Waals surface area contributed by atoms with Crippen LogP contribution in [0, 0.1) is 6.92 Å². The average Bonchev–Trinajstić information content (AvgIpc) is 2.40. The van der Waals surface area contributed by atoms with Gasteiger partial charge in [0.15, 0.2) is 5.96 Å². The molecule has 0 aliphatic heterocycles. The van der Waals surface area contributed by atoms with Gasteiger partial charge >= 0.3 is 0 Å². The van der Waals surface area contributed by atoms with Crippen LogP contribution >= 0.6 is 24.0 Å². The molecule has 1 unspecified atom stereocenters. The Hall–Kier alpha value is -0.980. The highest BCUT2D eigenvalue weighted by molar-refractivity contribution is 14.0. The number of halogens is 1. The lowest BCUT2D eigenvalue weighted by atomic mass is 10.2. The van der Waals surface area contributed by atoms with E-state index >= 15 is 0 Å². The predicted octanol–water partition coefficient (Wildman–Crippen LogP) is 3.08. The second kappa shape index (κ2) is 10.8. The molecule has 1 atom stereocenters. The molecule has 0 aliphatic rings. The number of guanidine groups is 1. The fourth-order valence-electron chi connectivity index (χ4n) is 1.56. The first-order chi connectivity index (χ1) is 9.13. The normalized spacial score (nSPS) is 12.4. The van der Waals surface area contributed by atoms with E-state index in [9.17, 15) is 0 Å². The van der Waals surface area contributed by atoms with Crippen molar-refractivity contribution in [2.24, 2.45) is 10.7 Å². The largest absolute Gasteiger partial charge is 0.493 e. The van der Waals surface area contributed by atoms with Gasteiger partial charge in [-0.15, -0.1) is 24.0 Å². The second-order valence-corrected chi connectivity index (χ2v) is 4.69. The van der Waals surface area contributed by atoms with Gasteiger partial charge in [-0.2, -0.15) is 0 Å². The summed E-state index contributed by atoms with van der Waals surface area (Å²) in [5.41, 5.74) is 6.92. The number of nitrogens with one attached hydrogen (secondary N) is 1. The third-order valence-corrected chi connectivity index (χ3v) is 2.94. The van der Waals surface area contributed by atoms with Crippen LogP contribution in [0.1, 0.15) is 32.3 Å². The summed E-state index contributed by atoms with van der Waals surface area (Å²) in [6, 6.07) is 8.38. The Labute approximate surface area is 139 Å². The Bertz CT molecular complexity index is 410. The molecule has 0 saturated carbocycles. The van der Waals surface area contributed by atoms with Crippen molar-refractivity contribution in [3.63, 3.8) is 0 Å². The maximum absolute atomic E-state index is 5.77. The Morgan fingerprint density at radius 1 is 1.40 bits per heavy atom. The Balaban J connectivity index is 0.00000361. The van der Waals surface area contributed by atoms with Crippen molar-refractivity contribution < 1.29 is 4.74 Å². The summed E-state index contributed by atoms with van der Waals surface area (Å²) in [6.07, 6.45) is 1.89. The number of nitrogens with zero attached hydrogens (tertiary/aromatic N) is 1. The van der Waals surface area contributed by atoms with Crippen molar-refractivity contribution in [1.29, 1.82) is 0 Å². The Morgan fingerprint density at radius 2 is 2.10 bits per heavy atom. The van der Waals surface area contributed by atoms with Crippen molar-refractivity contribution in [3.8, 4) is 5.75 Å². The molecule has 0 fully saturated rings. The summed E-state index contributed by atoms with van der Waals surface area (Å²) in [7, 11) is 0. The van der Waals surface area contributed by atoms with E-state index in [0.717, 1.165) is 24.2 Å². The summed E-state index contributed by atoms with van der Waals surface area (Å²) < 4.78 is 5.69. The number of hydrogen-bond donors (Lipinski definition) is 2. The van der Waals surface area contributed by atoms with Gasteiger partial charge in [-0.25, -0.2) is 0 Å². The highest BCUT2D eigenvalue weighted by Gasteiger charge is 1.99. The lowest BCUT2D eigenvalue weighted by Gasteiger charge is -2.11. The quantitative estimate of drug-likeness (QED) is 0.325. The maximum Gasteiger partial charge on any atom is 0.188 e. The minimum atomic E-state index is 0. The molecule has 0 radical (unpaired) electrons. The summed E-state index contributed by atoms with van der Waals surface area (Å²) in [5, 5.41) is 3.13. The average molecular weight is 391 g/mol. The van der Waals surface area contributed by atoms with E-state index in [1.807, 2.05) is 31.2 Å². The van der Waals surface area contributed by atoms with Gasteiger partial charge < -0.3 is 15.8 Å². The lowest BCUT2D eigenvalue weighted by molar-refractivity contribution is 0.311. The maximum atomic E-state index is 5.77. The van der Waals surface area contributed by atoms with Crippen LogP contribution in [0.3, 0.4) is 0 Å². The van der Waals surface area contributed by atoms with Crippen LogP contribution in [-0.2, 0) is 0 Å². The molecule has 1 aromatic rings. The molecule has 0 aromatic heterocycles. The number of aliphatic imine (C=N–C) groups is 1. The molecule has 0 amide bonds. The molecule has 4 nitrogen and oxygen atoms in total. The first-order valence-electron chi connectivity index (χ1n) is 6.88. The van der Waals surface area contributed by atoms with Crippen molar-refractivity contribution in [2.75, 3.05) is 13.2 Å². The van der Waals surface area contributed by atoms with Crippen LogP contribution in [0.4, 0.5) is 0 Å². The number of benzene rings is 1. The van der Waals surface area contributed by atoms with Crippen LogP contribution < -0.4 is 15.8 Å². The van der Waals surface area contributed by atoms with Gasteiger partial charge in [-0.1, -0.05) is 25.1 Å². The molecule has 0 aliphatic carbocycles. The molecule has 114 valence electrons. The molecular weight excluding hydrogens is 365 g/mol. The minimum Gasteiger partial charge on any atom is -0.493 e. The van der Waals surface area contributed by atoms with E-state index in [4.69, 9.17) is 10.5 Å². The number of aryl methyl sites for hydroxylation is 1. The fraction of sp³-hybridized carbons (Fsp3) is 0.533. The minimum absolute atomic E-state index is 0. The lowest BCUT2D eigenvalue weighted by Crippen LogP contribution is -2.38. The summed E-state index contributed by atoms with van der Waals surface area (Å²) in [4.78, 5) is 4.27. The molecular formula is C15H26IN3O. The van der Waals surface area contributed by atoms with Crippen molar-refractivity contribution in [3.05, 3.63) is 29.8 Å². The number of hydrogen-bond acceptors (Lipinski definition) is 2. The van der Waals surface area contributed by atoms with Gasteiger partial charge in [0.25, 0.3) is 0 Å². The van der Waals surface area contributed by atoms with Crippen LogP contribution in [0.5, 0.6) is 5.75 Å². The number of nitrogens with two attached hydrogens (primary N) is 1. The zero-order valence-electron chi connectivity index (χ0n) is 12.6. The SMILES string of the molecule is CCC(C)NC(N)=NCCCOc1ccccc1C.I. The van der Waals surface area contributed by atoms with Crippen LogP contribution in [0.2, 0.25) is 0 Å². The zero-order chi connectivity index (χ0) is 14.1. The molecule has 0 bridgehead atoms. The van der Waals surface area contributed by atoms with Gasteiger partial charge in [0, 0.05) is 19.0 Å². The third kappa shape index (κ3) is 7.57. The van der Waals surface area contributed by atoms with Crippen LogP contribution in [0.15, 0.2) is 29.3 Å². The highest BCUT2D eigenvalue weighted by Crippen LogP contribution is 2.15. The fourth-order valence-corrected chi connectivity index (χ4v) is 1.56. The zero-order valence-corrected chi connectivity index (χ0v) is 14.9. The molecule has 0 heterocycles. The van der Waals surface area contributed by atoms with Gasteiger partial charge in [0.2, 0.25) is 0 Å². The molecule has 1 rings (SSSR count). The van der Waals surface area contributed by atoms with E-state index in [2.05, 4.69) is 24.2 Å². The second-order valence-electron chi connectivity index (χ2n) is 4.69. The first-order valence-corrected chi connectivity index (χ1v) is 6.88. The van der Waals surface area contributed by atoms with Gasteiger partial charge in [0.1, 0.15) is 5.75 Å². The molecule has 3 N–H and O–H groups in total. The summed E-state index contributed by atoms with van der Waals surface area (Å²) >= 11 is 0. The monoisotopic (exact) mass is 391 g/mol. The topological polar surface area (TPSA) is 59.6 Å². The summed E-state index contributed by atoms with van der Waals surface area (Å²) in [5.74, 6) is 1.46.